The lowest BCUT2D eigenvalue weighted by Crippen LogP contribution is -2.37. The minimum absolute atomic E-state index is 0.181. The Labute approximate surface area is 269 Å². The fourth-order valence-electron chi connectivity index (χ4n) is 5.48. The molecule has 0 spiro atoms. The Kier molecular flexibility index (Phi) is 9.58. The lowest BCUT2D eigenvalue weighted by atomic mass is 10.0. The molecule has 4 aromatic rings. The normalized spacial score (nSPS) is 13.2. The molecule has 9 nitrogen and oxygen atoms in total. The summed E-state index contributed by atoms with van der Waals surface area (Å²) in [5.41, 5.74) is 4.00. The van der Waals surface area contributed by atoms with Gasteiger partial charge in [-0.1, -0.05) is 74.7 Å². The number of benzene rings is 2. The number of ether oxygens (including phenoxy) is 1. The van der Waals surface area contributed by atoms with Crippen molar-refractivity contribution in [1.82, 2.24) is 19.5 Å². The molecule has 5 rings (SSSR count). The molecule has 0 saturated heterocycles. The number of nitrogens with zero attached hydrogens (tertiary/aromatic N) is 5. The van der Waals surface area contributed by atoms with Crippen molar-refractivity contribution in [2.24, 2.45) is 0 Å². The van der Waals surface area contributed by atoms with Crippen molar-refractivity contribution >= 4 is 41.0 Å². The third-order valence-electron chi connectivity index (χ3n) is 7.80. The Morgan fingerprint density at radius 3 is 2.18 bits per heavy atom. The van der Waals surface area contributed by atoms with Crippen molar-refractivity contribution in [2.45, 2.75) is 84.8 Å². The summed E-state index contributed by atoms with van der Waals surface area (Å²) in [5, 5.41) is 4.81. The van der Waals surface area contributed by atoms with Crippen LogP contribution in [-0.2, 0) is 17.7 Å². The van der Waals surface area contributed by atoms with Gasteiger partial charge in [-0.3, -0.25) is 19.4 Å². The molecule has 1 aliphatic heterocycles. The van der Waals surface area contributed by atoms with Gasteiger partial charge in [0.1, 0.15) is 16.6 Å². The second kappa shape index (κ2) is 13.4. The predicted octanol–water partition coefficient (Wildman–Crippen LogP) is 7.85. The molecular weight excluding hydrogens is 590 g/mol. The molecule has 0 atom stereocenters. The highest BCUT2D eigenvalue weighted by Crippen LogP contribution is 2.28. The van der Waals surface area contributed by atoms with Crippen LogP contribution in [0.3, 0.4) is 0 Å². The highest BCUT2D eigenvalue weighted by atomic mass is 35.5. The summed E-state index contributed by atoms with van der Waals surface area (Å²) in [7, 11) is 0. The molecule has 1 aliphatic rings. The molecule has 2 aromatic heterocycles. The van der Waals surface area contributed by atoms with Gasteiger partial charge in [0, 0.05) is 18.2 Å². The monoisotopic (exact) mass is 629 g/mol. The predicted molar refractivity (Wildman–Crippen MR) is 175 cm³/mol. The molecule has 0 radical (unpaired) electrons. The molecule has 0 unspecified atom stereocenters. The number of aryl methyl sites for hydroxylation is 1. The number of amides is 3. The van der Waals surface area contributed by atoms with Gasteiger partial charge in [-0.25, -0.2) is 9.78 Å². The highest BCUT2D eigenvalue weighted by molar-refractivity contribution is 6.29. The minimum Gasteiger partial charge on any atom is -0.443 e. The first-order valence-corrected chi connectivity index (χ1v) is 15.9. The number of hydrogen-bond acceptors (Lipinski definition) is 6. The summed E-state index contributed by atoms with van der Waals surface area (Å²) in [5.74, 6) is 0.279. The molecule has 0 bridgehead atoms. The van der Waals surface area contributed by atoms with Crippen molar-refractivity contribution in [3.63, 3.8) is 0 Å². The van der Waals surface area contributed by atoms with Crippen molar-refractivity contribution in [1.29, 1.82) is 0 Å². The Morgan fingerprint density at radius 1 is 0.933 bits per heavy atom. The lowest BCUT2D eigenvalue weighted by molar-refractivity contribution is 0.0573. The van der Waals surface area contributed by atoms with E-state index in [1.54, 1.807) is 45.9 Å². The van der Waals surface area contributed by atoms with Crippen LogP contribution in [0.15, 0.2) is 60.8 Å². The molecular formula is C35H40ClN5O4. The third kappa shape index (κ3) is 7.36. The van der Waals surface area contributed by atoms with Crippen LogP contribution in [-0.4, -0.2) is 49.6 Å². The molecule has 0 aliphatic carbocycles. The number of carbonyl (C=O) groups excluding carboxylic acids is 3. The van der Waals surface area contributed by atoms with Crippen LogP contribution < -0.4 is 4.90 Å². The fourth-order valence-corrected chi connectivity index (χ4v) is 5.66. The van der Waals surface area contributed by atoms with Crippen LogP contribution in [0.2, 0.25) is 5.15 Å². The van der Waals surface area contributed by atoms with E-state index in [2.05, 4.69) is 36.1 Å². The van der Waals surface area contributed by atoms with E-state index < -0.39 is 11.7 Å². The molecule has 0 saturated carbocycles. The van der Waals surface area contributed by atoms with E-state index in [1.165, 1.54) is 10.5 Å². The van der Waals surface area contributed by atoms with E-state index in [4.69, 9.17) is 16.3 Å². The van der Waals surface area contributed by atoms with Crippen molar-refractivity contribution in [3.05, 3.63) is 93.8 Å². The van der Waals surface area contributed by atoms with E-state index in [9.17, 15) is 14.4 Å². The highest BCUT2D eigenvalue weighted by Gasteiger charge is 2.34. The van der Waals surface area contributed by atoms with E-state index in [-0.39, 0.29) is 29.4 Å². The molecule has 45 heavy (non-hydrogen) atoms. The van der Waals surface area contributed by atoms with Crippen LogP contribution in [0, 0.1) is 0 Å². The number of unbranched alkanes of at least 4 members (excludes halogenated alkanes) is 3. The number of fused-ring (bicyclic) bond motifs is 2. The number of carbonyl (C=O) groups is 3. The van der Waals surface area contributed by atoms with E-state index in [0.29, 0.717) is 29.1 Å². The number of halogens is 1. The second-order valence-corrected chi connectivity index (χ2v) is 13.2. The summed E-state index contributed by atoms with van der Waals surface area (Å²) >= 11 is 6.44. The van der Waals surface area contributed by atoms with Gasteiger partial charge in [0.15, 0.2) is 5.65 Å². The smallest absolute Gasteiger partial charge is 0.416 e. The molecule has 236 valence electrons. The summed E-state index contributed by atoms with van der Waals surface area (Å²) in [6, 6.07) is 16.9. The van der Waals surface area contributed by atoms with Crippen LogP contribution in [0.5, 0.6) is 0 Å². The average Bonchev–Trinajstić information content (AvgIpc) is 3.52. The number of anilines is 1. The van der Waals surface area contributed by atoms with Gasteiger partial charge >= 0.3 is 6.09 Å². The Balaban J connectivity index is 1.19. The van der Waals surface area contributed by atoms with Gasteiger partial charge < -0.3 is 4.74 Å². The fraction of sp³-hybridized carbons (Fsp3) is 0.400. The number of aromatic nitrogens is 3. The van der Waals surface area contributed by atoms with Crippen LogP contribution in [0.4, 0.5) is 10.6 Å². The largest absolute Gasteiger partial charge is 0.443 e. The number of hydrogen-bond donors (Lipinski definition) is 0. The maximum absolute atomic E-state index is 13.5. The molecule has 0 fully saturated rings. The molecule has 2 aromatic carbocycles. The second-order valence-electron chi connectivity index (χ2n) is 12.8. The topological polar surface area (TPSA) is 97.1 Å². The Hall–Kier alpha value is -4.24. The molecule has 0 N–H and O–H groups in total. The van der Waals surface area contributed by atoms with E-state index in [0.717, 1.165) is 43.2 Å². The first kappa shape index (κ1) is 32.2. The molecule has 10 heteroatoms. The summed E-state index contributed by atoms with van der Waals surface area (Å²) < 4.78 is 7.43. The van der Waals surface area contributed by atoms with Gasteiger partial charge in [-0.2, -0.15) is 9.61 Å². The Bertz CT molecular complexity index is 1670. The summed E-state index contributed by atoms with van der Waals surface area (Å²) in [6.07, 6.45) is 5.89. The first-order chi connectivity index (χ1) is 21.4. The van der Waals surface area contributed by atoms with Gasteiger partial charge in [-0.05, 0) is 69.2 Å². The third-order valence-corrected chi connectivity index (χ3v) is 7.99. The van der Waals surface area contributed by atoms with Crippen molar-refractivity contribution in [3.8, 4) is 0 Å². The summed E-state index contributed by atoms with van der Waals surface area (Å²) in [6.45, 7) is 10.3. The van der Waals surface area contributed by atoms with E-state index >= 15 is 0 Å². The van der Waals surface area contributed by atoms with E-state index in [1.807, 2.05) is 32.9 Å². The lowest BCUT2D eigenvalue weighted by Gasteiger charge is -2.28. The van der Waals surface area contributed by atoms with Crippen molar-refractivity contribution < 1.29 is 19.1 Å². The zero-order valence-corrected chi connectivity index (χ0v) is 27.3. The number of imide groups is 1. The quantitative estimate of drug-likeness (QED) is 0.0952. The zero-order valence-electron chi connectivity index (χ0n) is 26.5. The zero-order chi connectivity index (χ0) is 32.3. The van der Waals surface area contributed by atoms with Crippen molar-refractivity contribution in [2.75, 3.05) is 11.4 Å². The van der Waals surface area contributed by atoms with Gasteiger partial charge in [0.25, 0.3) is 11.8 Å². The standard InChI is InChI=1S/C35H40ClN5O4/c1-23(2)28-21-37-41-30(20-29(36)38-31(28)41)40(34(44)45-35(3,4)5)22-25-17-15-24(16-18-25)12-8-6-7-11-19-39-32(42)26-13-9-10-14-27(26)33(39)43/h9-10,13-18,20-21,23H,6-8,11-12,19,22H2,1-5H3. The van der Waals surface area contributed by atoms with Gasteiger partial charge in [-0.15, -0.1) is 0 Å². The average molecular weight is 630 g/mol. The molecule has 3 heterocycles. The maximum Gasteiger partial charge on any atom is 0.416 e. The summed E-state index contributed by atoms with van der Waals surface area (Å²) in [4.78, 5) is 46.0. The maximum atomic E-state index is 13.5. The van der Waals surface area contributed by atoms with Crippen LogP contribution >= 0.6 is 11.6 Å². The first-order valence-electron chi connectivity index (χ1n) is 15.5. The molecule has 3 amide bonds. The van der Waals surface area contributed by atoms with Gasteiger partial charge in [0.05, 0.1) is 23.9 Å². The number of rotatable bonds is 11. The van der Waals surface area contributed by atoms with Gasteiger partial charge in [0.2, 0.25) is 0 Å². The SMILES string of the molecule is CC(C)c1cnn2c(N(Cc3ccc(CCCCCCN4C(=O)c5ccccc5C4=O)cc3)C(=O)OC(C)(C)C)cc(Cl)nc12. The minimum atomic E-state index is -0.688. The van der Waals surface area contributed by atoms with Crippen LogP contribution in [0.1, 0.15) is 104 Å². The Morgan fingerprint density at radius 2 is 1.56 bits per heavy atom. The van der Waals surface area contributed by atoms with Crippen LogP contribution in [0.25, 0.3) is 5.65 Å².